The molecule has 0 aliphatic heterocycles. The molecule has 2 N–H and O–H groups in total. The standard InChI is InChI=1S/C25H24N4O3/c1-17-6-7-19(24-23(14-30)29(2)16-27-24)13-22(17)28-25(31)18-8-10-21(11-9-18)32-15-20-5-3-4-12-26-20/h3-13,16,30H,14-15H2,1-2H3,(H,28,31). The van der Waals surface area contributed by atoms with E-state index in [9.17, 15) is 9.90 Å². The first-order valence-electron chi connectivity index (χ1n) is 10.2. The number of nitrogens with zero attached hydrogens (tertiary/aromatic N) is 3. The number of imidazole rings is 1. The Labute approximate surface area is 186 Å². The average molecular weight is 428 g/mol. The van der Waals surface area contributed by atoms with Crippen LogP contribution < -0.4 is 10.1 Å². The van der Waals surface area contributed by atoms with Gasteiger partial charge in [0, 0.05) is 30.1 Å². The lowest BCUT2D eigenvalue weighted by Gasteiger charge is -2.12. The summed E-state index contributed by atoms with van der Waals surface area (Å²) in [5.74, 6) is 0.446. The van der Waals surface area contributed by atoms with Crippen LogP contribution in [0.25, 0.3) is 11.3 Å². The highest BCUT2D eigenvalue weighted by molar-refractivity contribution is 6.05. The van der Waals surface area contributed by atoms with E-state index in [1.807, 2.05) is 50.4 Å². The quantitative estimate of drug-likeness (QED) is 0.462. The number of hydrogen-bond acceptors (Lipinski definition) is 5. The molecule has 0 saturated carbocycles. The monoisotopic (exact) mass is 428 g/mol. The molecule has 32 heavy (non-hydrogen) atoms. The molecular formula is C25H24N4O3. The van der Waals surface area contributed by atoms with Gasteiger partial charge in [0.1, 0.15) is 12.4 Å². The molecule has 2 aromatic heterocycles. The number of amides is 1. The maximum Gasteiger partial charge on any atom is 0.255 e. The third-order valence-corrected chi connectivity index (χ3v) is 5.20. The Morgan fingerprint density at radius 1 is 1.09 bits per heavy atom. The van der Waals surface area contributed by atoms with Crippen molar-refractivity contribution in [3.8, 4) is 17.0 Å². The predicted octanol–water partition coefficient (Wildman–Crippen LogP) is 4.11. The van der Waals surface area contributed by atoms with E-state index in [-0.39, 0.29) is 12.5 Å². The van der Waals surface area contributed by atoms with Crippen LogP contribution in [0.3, 0.4) is 0 Å². The van der Waals surface area contributed by atoms with Crippen molar-refractivity contribution in [3.63, 3.8) is 0 Å². The van der Waals surface area contributed by atoms with Crippen LogP contribution in [0.1, 0.15) is 27.3 Å². The average Bonchev–Trinajstić information content (AvgIpc) is 3.20. The molecule has 0 atom stereocenters. The van der Waals surface area contributed by atoms with Gasteiger partial charge < -0.3 is 19.7 Å². The smallest absolute Gasteiger partial charge is 0.255 e. The van der Waals surface area contributed by atoms with Gasteiger partial charge in [-0.15, -0.1) is 0 Å². The van der Waals surface area contributed by atoms with E-state index in [4.69, 9.17) is 4.74 Å². The lowest BCUT2D eigenvalue weighted by Crippen LogP contribution is -2.13. The maximum atomic E-state index is 12.8. The first-order chi connectivity index (χ1) is 15.5. The highest BCUT2D eigenvalue weighted by Crippen LogP contribution is 2.27. The second kappa shape index (κ2) is 9.45. The lowest BCUT2D eigenvalue weighted by atomic mass is 10.1. The Bertz CT molecular complexity index is 1220. The number of nitrogens with one attached hydrogen (secondary N) is 1. The number of ether oxygens (including phenoxy) is 1. The summed E-state index contributed by atoms with van der Waals surface area (Å²) in [4.78, 5) is 21.4. The molecule has 0 aliphatic rings. The van der Waals surface area contributed by atoms with E-state index >= 15 is 0 Å². The van der Waals surface area contributed by atoms with Gasteiger partial charge in [-0.2, -0.15) is 0 Å². The first-order valence-corrected chi connectivity index (χ1v) is 10.2. The molecular weight excluding hydrogens is 404 g/mol. The zero-order valence-corrected chi connectivity index (χ0v) is 17.9. The molecule has 2 aromatic carbocycles. The molecule has 1 amide bonds. The highest BCUT2D eigenvalue weighted by atomic mass is 16.5. The predicted molar refractivity (Wildman–Crippen MR) is 122 cm³/mol. The van der Waals surface area contributed by atoms with Crippen LogP contribution in [0.15, 0.2) is 73.2 Å². The van der Waals surface area contributed by atoms with Crippen LogP contribution in [0.4, 0.5) is 5.69 Å². The molecule has 0 unspecified atom stereocenters. The maximum absolute atomic E-state index is 12.8. The Kier molecular flexibility index (Phi) is 6.28. The van der Waals surface area contributed by atoms with Crippen LogP contribution in [0.2, 0.25) is 0 Å². The van der Waals surface area contributed by atoms with Crippen molar-refractivity contribution in [3.05, 3.63) is 95.7 Å². The second-order valence-corrected chi connectivity index (χ2v) is 7.43. The number of pyridine rings is 1. The summed E-state index contributed by atoms with van der Waals surface area (Å²) in [6, 6.07) is 18.4. The molecule has 2 heterocycles. The Morgan fingerprint density at radius 2 is 1.91 bits per heavy atom. The number of rotatable bonds is 7. The van der Waals surface area contributed by atoms with Gasteiger partial charge in [-0.25, -0.2) is 4.98 Å². The van der Waals surface area contributed by atoms with E-state index < -0.39 is 0 Å². The van der Waals surface area contributed by atoms with Gasteiger partial charge in [0.15, 0.2) is 0 Å². The number of anilines is 1. The Balaban J connectivity index is 1.46. The summed E-state index contributed by atoms with van der Waals surface area (Å²) in [5, 5.41) is 12.6. The summed E-state index contributed by atoms with van der Waals surface area (Å²) in [6.07, 6.45) is 3.39. The number of carbonyl (C=O) groups excluding carboxylic acids is 1. The van der Waals surface area contributed by atoms with Gasteiger partial charge in [0.25, 0.3) is 5.91 Å². The topological polar surface area (TPSA) is 89.3 Å². The summed E-state index contributed by atoms with van der Waals surface area (Å²) in [5.41, 5.74) is 5.22. The Morgan fingerprint density at radius 3 is 2.62 bits per heavy atom. The van der Waals surface area contributed by atoms with Gasteiger partial charge >= 0.3 is 0 Å². The molecule has 0 saturated heterocycles. The van der Waals surface area contributed by atoms with Crippen molar-refractivity contribution in [1.82, 2.24) is 14.5 Å². The van der Waals surface area contributed by atoms with Gasteiger partial charge in [0.2, 0.25) is 0 Å². The SMILES string of the molecule is Cc1ccc(-c2ncn(C)c2CO)cc1NC(=O)c1ccc(OCc2ccccn2)cc1. The molecule has 0 radical (unpaired) electrons. The van der Waals surface area contributed by atoms with Crippen LogP contribution in [-0.2, 0) is 20.3 Å². The Hall–Kier alpha value is -3.97. The van der Waals surface area contributed by atoms with Crippen molar-refractivity contribution in [2.24, 2.45) is 7.05 Å². The highest BCUT2D eigenvalue weighted by Gasteiger charge is 2.13. The van der Waals surface area contributed by atoms with Crippen molar-refractivity contribution in [1.29, 1.82) is 0 Å². The van der Waals surface area contributed by atoms with E-state index in [0.29, 0.717) is 35.0 Å². The van der Waals surface area contributed by atoms with Gasteiger partial charge in [0.05, 0.1) is 30.0 Å². The molecule has 162 valence electrons. The fourth-order valence-corrected chi connectivity index (χ4v) is 3.32. The summed E-state index contributed by atoms with van der Waals surface area (Å²) < 4.78 is 7.51. The molecule has 7 nitrogen and oxygen atoms in total. The number of aromatic nitrogens is 3. The summed E-state index contributed by atoms with van der Waals surface area (Å²) in [7, 11) is 1.84. The zero-order valence-electron chi connectivity index (χ0n) is 17.9. The minimum atomic E-state index is -0.218. The largest absolute Gasteiger partial charge is 0.487 e. The summed E-state index contributed by atoms with van der Waals surface area (Å²) in [6.45, 7) is 2.18. The van der Waals surface area contributed by atoms with E-state index in [0.717, 1.165) is 16.8 Å². The molecule has 0 bridgehead atoms. The number of carbonyl (C=O) groups is 1. The van der Waals surface area contributed by atoms with E-state index in [1.54, 1.807) is 41.4 Å². The molecule has 0 fully saturated rings. The van der Waals surface area contributed by atoms with Crippen molar-refractivity contribution in [2.45, 2.75) is 20.1 Å². The normalized spacial score (nSPS) is 10.7. The molecule has 0 aliphatic carbocycles. The lowest BCUT2D eigenvalue weighted by molar-refractivity contribution is 0.102. The van der Waals surface area contributed by atoms with E-state index in [1.165, 1.54) is 0 Å². The minimum absolute atomic E-state index is 0.115. The van der Waals surface area contributed by atoms with Gasteiger partial charge in [-0.3, -0.25) is 9.78 Å². The molecule has 4 rings (SSSR count). The van der Waals surface area contributed by atoms with Crippen LogP contribution in [0.5, 0.6) is 5.75 Å². The summed E-state index contributed by atoms with van der Waals surface area (Å²) >= 11 is 0. The van der Waals surface area contributed by atoms with Gasteiger partial charge in [-0.1, -0.05) is 18.2 Å². The number of aryl methyl sites for hydroxylation is 2. The number of aliphatic hydroxyl groups is 1. The van der Waals surface area contributed by atoms with Crippen molar-refractivity contribution < 1.29 is 14.6 Å². The third-order valence-electron chi connectivity index (χ3n) is 5.20. The number of benzene rings is 2. The van der Waals surface area contributed by atoms with Gasteiger partial charge in [-0.05, 0) is 55.0 Å². The number of hydrogen-bond donors (Lipinski definition) is 2. The first kappa shape index (κ1) is 21.3. The molecule has 7 heteroatoms. The number of aliphatic hydroxyl groups excluding tert-OH is 1. The second-order valence-electron chi connectivity index (χ2n) is 7.43. The van der Waals surface area contributed by atoms with Crippen LogP contribution in [0, 0.1) is 6.92 Å². The van der Waals surface area contributed by atoms with Crippen LogP contribution >= 0.6 is 0 Å². The molecule has 4 aromatic rings. The van der Waals surface area contributed by atoms with E-state index in [2.05, 4.69) is 15.3 Å². The van der Waals surface area contributed by atoms with Crippen molar-refractivity contribution in [2.75, 3.05) is 5.32 Å². The minimum Gasteiger partial charge on any atom is -0.487 e. The fourth-order valence-electron chi connectivity index (χ4n) is 3.32. The van der Waals surface area contributed by atoms with Crippen LogP contribution in [-0.4, -0.2) is 25.5 Å². The zero-order chi connectivity index (χ0) is 22.5. The fraction of sp³-hybridized carbons (Fsp3) is 0.160. The molecule has 0 spiro atoms. The third kappa shape index (κ3) is 4.68. The van der Waals surface area contributed by atoms with Crippen molar-refractivity contribution >= 4 is 11.6 Å².